The van der Waals surface area contributed by atoms with Crippen molar-refractivity contribution in [1.29, 1.82) is 0 Å². The number of carbonyl (C=O) groups is 2. The molecule has 0 spiro atoms. The van der Waals surface area contributed by atoms with Crippen LogP contribution in [0.1, 0.15) is 57.4 Å². The maximum absolute atomic E-state index is 13.1. The van der Waals surface area contributed by atoms with Crippen molar-refractivity contribution in [2.75, 3.05) is 13.2 Å². The Kier molecular flexibility index (Phi) is 6.93. The van der Waals surface area contributed by atoms with Crippen LogP contribution in [0.15, 0.2) is 42.6 Å². The molecule has 0 unspecified atom stereocenters. The van der Waals surface area contributed by atoms with Gasteiger partial charge in [0.1, 0.15) is 11.5 Å². The van der Waals surface area contributed by atoms with Gasteiger partial charge in [0.05, 0.1) is 13.2 Å². The number of rotatable bonds is 10. The first-order valence-corrected chi connectivity index (χ1v) is 12.9. The lowest BCUT2D eigenvalue weighted by Gasteiger charge is -2.55. The summed E-state index contributed by atoms with van der Waals surface area (Å²) >= 11 is 0. The number of hydrogen-bond donors (Lipinski definition) is 2. The Balaban J connectivity index is 1.12. The second-order valence-corrected chi connectivity index (χ2v) is 10.5. The second kappa shape index (κ2) is 10.3. The summed E-state index contributed by atoms with van der Waals surface area (Å²) in [5.74, 6) is 3.83. The summed E-state index contributed by atoms with van der Waals surface area (Å²) in [5, 5.41) is 5.83. The van der Waals surface area contributed by atoms with E-state index in [4.69, 9.17) is 9.47 Å². The van der Waals surface area contributed by atoms with Crippen molar-refractivity contribution < 1.29 is 19.1 Å². The maximum Gasteiger partial charge on any atom is 0.239 e. The van der Waals surface area contributed by atoms with E-state index < -0.39 is 0 Å². The number of carbonyl (C=O) groups excluding carboxylic acids is 2. The fourth-order valence-corrected chi connectivity index (χ4v) is 6.58. The fraction of sp³-hybridized carbons (Fsp3) is 0.536. The average molecular weight is 478 g/mol. The Labute approximate surface area is 207 Å². The van der Waals surface area contributed by atoms with Crippen molar-refractivity contribution in [1.82, 2.24) is 15.6 Å². The zero-order valence-electron chi connectivity index (χ0n) is 20.4. The molecule has 4 aliphatic rings. The van der Waals surface area contributed by atoms with Gasteiger partial charge in [-0.25, -0.2) is 4.98 Å². The predicted octanol–water partition coefficient (Wildman–Crippen LogP) is 4.61. The molecule has 4 saturated carbocycles. The summed E-state index contributed by atoms with van der Waals surface area (Å²) < 4.78 is 11.6. The summed E-state index contributed by atoms with van der Waals surface area (Å²) in [6.07, 6.45) is 9.47. The predicted molar refractivity (Wildman–Crippen MR) is 132 cm³/mol. The quantitative estimate of drug-likeness (QED) is 0.522. The second-order valence-electron chi connectivity index (χ2n) is 10.5. The molecule has 0 atom stereocenters. The van der Waals surface area contributed by atoms with Crippen LogP contribution < -0.4 is 20.1 Å². The lowest BCUT2D eigenvalue weighted by molar-refractivity contribution is -0.147. The van der Waals surface area contributed by atoms with Crippen molar-refractivity contribution in [3.63, 3.8) is 0 Å². The Bertz CT molecular complexity index is 1020. The van der Waals surface area contributed by atoms with Gasteiger partial charge in [-0.3, -0.25) is 9.59 Å². The van der Waals surface area contributed by atoms with E-state index >= 15 is 0 Å². The lowest BCUT2D eigenvalue weighted by Crippen LogP contribution is -2.54. The van der Waals surface area contributed by atoms with E-state index in [1.54, 1.807) is 6.20 Å². The highest BCUT2D eigenvalue weighted by atomic mass is 16.5. The highest BCUT2D eigenvalue weighted by Gasteiger charge is 2.54. The van der Waals surface area contributed by atoms with E-state index in [-0.39, 0.29) is 30.3 Å². The van der Waals surface area contributed by atoms with E-state index in [9.17, 15) is 9.59 Å². The van der Waals surface area contributed by atoms with Gasteiger partial charge in [-0.15, -0.1) is 0 Å². The number of hydrogen-bond acceptors (Lipinski definition) is 5. The normalized spacial score (nSPS) is 26.3. The minimum atomic E-state index is -0.240. The molecule has 4 bridgehead atoms. The minimum Gasteiger partial charge on any atom is -0.494 e. The van der Waals surface area contributed by atoms with E-state index in [1.165, 1.54) is 19.3 Å². The summed E-state index contributed by atoms with van der Waals surface area (Å²) in [4.78, 5) is 30.0. The Morgan fingerprint density at radius 1 is 0.971 bits per heavy atom. The van der Waals surface area contributed by atoms with Crippen LogP contribution in [0.2, 0.25) is 0 Å². The van der Waals surface area contributed by atoms with Gasteiger partial charge in [0, 0.05) is 23.7 Å². The third kappa shape index (κ3) is 5.44. The molecular weight excluding hydrogens is 442 g/mol. The number of ether oxygens (including phenoxy) is 2. The van der Waals surface area contributed by atoms with E-state index in [0.717, 1.165) is 37.0 Å². The SMILES string of the molecule is CCCOc1ccc(Oc2ncccc2CNC(=O)CNC(=O)C23CC4CC(CC(C4)C2)C3)cc1. The molecule has 0 radical (unpaired) electrons. The smallest absolute Gasteiger partial charge is 0.239 e. The zero-order chi connectivity index (χ0) is 24.3. The molecule has 2 N–H and O–H groups in total. The van der Waals surface area contributed by atoms with Gasteiger partial charge >= 0.3 is 0 Å². The first kappa shape index (κ1) is 23.6. The Morgan fingerprint density at radius 2 is 1.63 bits per heavy atom. The number of nitrogens with zero attached hydrogens (tertiary/aromatic N) is 1. The number of nitrogens with one attached hydrogen (secondary N) is 2. The molecule has 0 saturated heterocycles. The van der Waals surface area contributed by atoms with Crippen molar-refractivity contribution in [3.05, 3.63) is 48.2 Å². The van der Waals surface area contributed by atoms with Crippen LogP contribution in [-0.2, 0) is 16.1 Å². The molecular formula is C28H35N3O4. The third-order valence-corrected chi connectivity index (χ3v) is 7.77. The molecule has 1 aromatic carbocycles. The van der Waals surface area contributed by atoms with Gasteiger partial charge in [-0.1, -0.05) is 13.0 Å². The highest BCUT2D eigenvalue weighted by Crippen LogP contribution is 2.60. The molecule has 7 nitrogen and oxygen atoms in total. The molecule has 0 aliphatic heterocycles. The number of pyridine rings is 1. The minimum absolute atomic E-state index is 0.00371. The van der Waals surface area contributed by atoms with E-state index in [2.05, 4.69) is 22.5 Å². The van der Waals surface area contributed by atoms with E-state index in [0.29, 0.717) is 36.0 Å². The first-order chi connectivity index (χ1) is 17.0. The van der Waals surface area contributed by atoms with Gasteiger partial charge < -0.3 is 20.1 Å². The van der Waals surface area contributed by atoms with Gasteiger partial charge in [-0.2, -0.15) is 0 Å². The molecule has 35 heavy (non-hydrogen) atoms. The van der Waals surface area contributed by atoms with Crippen LogP contribution in [0.25, 0.3) is 0 Å². The summed E-state index contributed by atoms with van der Waals surface area (Å²) in [6, 6.07) is 11.1. The van der Waals surface area contributed by atoms with Crippen LogP contribution in [0.4, 0.5) is 0 Å². The molecule has 6 rings (SSSR count). The zero-order valence-corrected chi connectivity index (χ0v) is 20.4. The number of amides is 2. The van der Waals surface area contributed by atoms with Crippen molar-refractivity contribution >= 4 is 11.8 Å². The molecule has 1 aromatic heterocycles. The van der Waals surface area contributed by atoms with Gasteiger partial charge in [0.25, 0.3) is 0 Å². The monoisotopic (exact) mass is 477 g/mol. The summed E-state index contributed by atoms with van der Waals surface area (Å²) in [6.45, 7) is 3.01. The van der Waals surface area contributed by atoms with Crippen LogP contribution >= 0.6 is 0 Å². The van der Waals surface area contributed by atoms with Gasteiger partial charge in [-0.05, 0) is 93.0 Å². The number of benzene rings is 1. The first-order valence-electron chi connectivity index (χ1n) is 12.9. The molecule has 1 heterocycles. The third-order valence-electron chi connectivity index (χ3n) is 7.77. The average Bonchev–Trinajstić information content (AvgIpc) is 2.85. The van der Waals surface area contributed by atoms with E-state index in [1.807, 2.05) is 36.4 Å². The topological polar surface area (TPSA) is 89.6 Å². The summed E-state index contributed by atoms with van der Waals surface area (Å²) in [7, 11) is 0. The molecule has 7 heteroatoms. The van der Waals surface area contributed by atoms with Crippen LogP contribution in [0.5, 0.6) is 17.4 Å². The molecule has 2 amide bonds. The Morgan fingerprint density at radius 3 is 2.29 bits per heavy atom. The Hall–Kier alpha value is -3.09. The fourth-order valence-electron chi connectivity index (χ4n) is 6.58. The van der Waals surface area contributed by atoms with Crippen LogP contribution in [-0.4, -0.2) is 29.9 Å². The lowest BCUT2D eigenvalue weighted by atomic mass is 9.49. The van der Waals surface area contributed by atoms with Crippen LogP contribution in [0.3, 0.4) is 0 Å². The molecule has 4 fully saturated rings. The van der Waals surface area contributed by atoms with Crippen molar-refractivity contribution in [3.8, 4) is 17.4 Å². The molecule has 186 valence electrons. The largest absolute Gasteiger partial charge is 0.494 e. The van der Waals surface area contributed by atoms with Gasteiger partial charge in [0.15, 0.2) is 0 Å². The molecule has 2 aromatic rings. The summed E-state index contributed by atoms with van der Waals surface area (Å²) in [5.41, 5.74) is 0.524. The standard InChI is InChI=1S/C28H35N3O4/c1-2-10-34-23-5-7-24(8-6-23)35-26-22(4-3-9-29-26)17-30-25(32)18-31-27(33)28-14-19-11-20(15-28)13-21(12-19)16-28/h3-9,19-21H,2,10-18H2,1H3,(H,30,32)(H,31,33). The van der Waals surface area contributed by atoms with Crippen LogP contribution in [0, 0.1) is 23.2 Å². The molecule has 4 aliphatic carbocycles. The maximum atomic E-state index is 13.1. The highest BCUT2D eigenvalue weighted by molar-refractivity contribution is 5.88. The van der Waals surface area contributed by atoms with Crippen molar-refractivity contribution in [2.24, 2.45) is 23.2 Å². The van der Waals surface area contributed by atoms with Gasteiger partial charge in [0.2, 0.25) is 17.7 Å². The number of aromatic nitrogens is 1. The van der Waals surface area contributed by atoms with Crippen molar-refractivity contribution in [2.45, 2.75) is 58.4 Å².